The maximum absolute atomic E-state index is 14.3. The molecule has 3 aliphatic rings. The first-order valence-corrected chi connectivity index (χ1v) is 16.6. The Bertz CT molecular complexity index is 1620. The topological polar surface area (TPSA) is 259 Å². The maximum atomic E-state index is 14.3. The summed E-state index contributed by atoms with van der Waals surface area (Å²) in [6.45, 7) is 2.52. The number of hydrogen-bond acceptors (Lipinski definition) is 17. The van der Waals surface area contributed by atoms with Crippen LogP contribution in [0.4, 0.5) is 11.6 Å². The number of ether oxygens (including phenoxy) is 4. The number of rotatable bonds is 13. The van der Waals surface area contributed by atoms with Gasteiger partial charge >= 0.3 is 13.4 Å². The molecule has 0 amide bonds. The molecular formula is C26H39N10O10P. The molecule has 3 aromatic rings. The SMILES string of the molecule is CO[C@@H]1C(O)[C@@H](COP(=O)(NCCN2CCOCC2)OC2C[C@H](n3cnc4c(N)ncnc43)O[C@@H]2CO)O[C@H]1n1ccc(N)nc1=O. The van der Waals surface area contributed by atoms with E-state index < -0.39 is 69.6 Å². The van der Waals surface area contributed by atoms with E-state index in [2.05, 4.69) is 29.9 Å². The summed E-state index contributed by atoms with van der Waals surface area (Å²) in [5.41, 5.74) is 11.7. The van der Waals surface area contributed by atoms with E-state index in [1.54, 1.807) is 4.57 Å². The number of nitrogens with zero attached hydrogens (tertiary/aromatic N) is 7. The molecule has 6 rings (SSSR count). The summed E-state index contributed by atoms with van der Waals surface area (Å²) < 4.78 is 52.0. The Labute approximate surface area is 268 Å². The Balaban J connectivity index is 1.18. The van der Waals surface area contributed by atoms with Gasteiger partial charge < -0.3 is 40.6 Å². The molecule has 0 aromatic carbocycles. The first kappa shape index (κ1) is 33.7. The van der Waals surface area contributed by atoms with Crippen LogP contribution in [-0.2, 0) is 32.6 Å². The molecule has 7 N–H and O–H groups in total. The van der Waals surface area contributed by atoms with Crippen molar-refractivity contribution in [3.8, 4) is 0 Å². The highest BCUT2D eigenvalue weighted by Gasteiger charge is 2.48. The van der Waals surface area contributed by atoms with Crippen molar-refractivity contribution in [2.75, 3.05) is 71.2 Å². The zero-order chi connectivity index (χ0) is 33.1. The summed E-state index contributed by atoms with van der Waals surface area (Å²) in [5.74, 6) is 0.227. The number of methoxy groups -OCH3 is 1. The van der Waals surface area contributed by atoms with Crippen LogP contribution in [0.3, 0.4) is 0 Å². The molecule has 6 heterocycles. The predicted octanol–water partition coefficient (Wildman–Crippen LogP) is -1.77. The van der Waals surface area contributed by atoms with E-state index in [9.17, 15) is 19.6 Å². The Morgan fingerprint density at radius 3 is 2.70 bits per heavy atom. The van der Waals surface area contributed by atoms with Gasteiger partial charge in [0.1, 0.15) is 54.4 Å². The molecule has 3 saturated heterocycles. The molecule has 3 fully saturated rings. The number of hydrogen-bond donors (Lipinski definition) is 5. The van der Waals surface area contributed by atoms with Gasteiger partial charge in [-0.1, -0.05) is 0 Å². The summed E-state index contributed by atoms with van der Waals surface area (Å²) in [7, 11) is -2.80. The summed E-state index contributed by atoms with van der Waals surface area (Å²) in [6.07, 6.45) is -2.51. The van der Waals surface area contributed by atoms with Gasteiger partial charge in [0.25, 0.3) is 0 Å². The lowest BCUT2D eigenvalue weighted by molar-refractivity contribution is -0.0633. The molecule has 8 atom stereocenters. The second kappa shape index (κ2) is 14.5. The van der Waals surface area contributed by atoms with Crippen LogP contribution < -0.4 is 22.2 Å². The molecule has 47 heavy (non-hydrogen) atoms. The zero-order valence-corrected chi connectivity index (χ0v) is 26.5. The summed E-state index contributed by atoms with van der Waals surface area (Å²) in [6, 6.07) is 1.41. The summed E-state index contributed by atoms with van der Waals surface area (Å²) in [5, 5.41) is 24.1. The second-order valence-electron chi connectivity index (χ2n) is 11.2. The van der Waals surface area contributed by atoms with Gasteiger partial charge in [0, 0.05) is 45.9 Å². The van der Waals surface area contributed by atoms with Crippen LogP contribution in [0.2, 0.25) is 0 Å². The normalized spacial score (nSPS) is 29.8. The number of aromatic nitrogens is 6. The van der Waals surface area contributed by atoms with Crippen LogP contribution in [0.15, 0.2) is 29.7 Å². The molecule has 0 radical (unpaired) electrons. The first-order chi connectivity index (χ1) is 22.7. The average Bonchev–Trinajstić information content (AvgIpc) is 3.76. The second-order valence-corrected chi connectivity index (χ2v) is 13.0. The van der Waals surface area contributed by atoms with Gasteiger partial charge in [0.2, 0.25) is 0 Å². The molecule has 258 valence electrons. The smallest absolute Gasteiger partial charge is 0.394 e. The minimum Gasteiger partial charge on any atom is -0.394 e. The van der Waals surface area contributed by atoms with E-state index >= 15 is 0 Å². The van der Waals surface area contributed by atoms with Gasteiger partial charge in [0.05, 0.1) is 32.8 Å². The van der Waals surface area contributed by atoms with Crippen LogP contribution in [0, 0.1) is 0 Å². The lowest BCUT2D eigenvalue weighted by atomic mass is 10.1. The number of imidazole rings is 1. The number of anilines is 2. The average molecular weight is 683 g/mol. The fourth-order valence-electron chi connectivity index (χ4n) is 5.81. The van der Waals surface area contributed by atoms with Crippen LogP contribution in [0.1, 0.15) is 18.9 Å². The monoisotopic (exact) mass is 682 g/mol. The van der Waals surface area contributed by atoms with Crippen LogP contribution in [0.25, 0.3) is 11.2 Å². The van der Waals surface area contributed by atoms with Gasteiger partial charge in [-0.15, -0.1) is 0 Å². The van der Waals surface area contributed by atoms with E-state index in [4.69, 9.17) is 39.5 Å². The van der Waals surface area contributed by atoms with E-state index in [1.807, 2.05) is 0 Å². The molecule has 20 nitrogen and oxygen atoms in total. The maximum Gasteiger partial charge on any atom is 0.406 e. The molecular weight excluding hydrogens is 643 g/mol. The number of nitrogens with two attached hydrogens (primary N) is 2. The number of fused-ring (bicyclic) bond motifs is 1. The summed E-state index contributed by atoms with van der Waals surface area (Å²) >= 11 is 0. The van der Waals surface area contributed by atoms with Gasteiger partial charge in [0.15, 0.2) is 17.7 Å². The minimum atomic E-state index is -4.16. The van der Waals surface area contributed by atoms with Crippen molar-refractivity contribution in [2.24, 2.45) is 0 Å². The fraction of sp³-hybridized carbons (Fsp3) is 0.654. The molecule has 0 spiro atoms. The number of nitrogen functional groups attached to an aromatic ring is 2. The van der Waals surface area contributed by atoms with Crippen molar-refractivity contribution in [1.82, 2.24) is 39.1 Å². The predicted molar refractivity (Wildman–Crippen MR) is 163 cm³/mol. The van der Waals surface area contributed by atoms with Gasteiger partial charge in [-0.2, -0.15) is 4.98 Å². The lowest BCUT2D eigenvalue weighted by Gasteiger charge is -2.29. The standard InChI is InChI=1S/C26H39N10O10P/c1-41-22-21(38)17(45-25(22)35-4-2-18(27)33-26(35)39)12-43-47(40,32-3-5-34-6-8-42-9-7-34)46-15-10-19(44-16(15)11-37)36-14-31-20-23(28)29-13-30-24(20)36/h2,4,13-17,19,21-22,25,37-38H,3,5-12H2,1H3,(H,32,40)(H2,27,33,39)(H2,28,29,30)/t15?,16-,17-,19-,21?,22-,25-,47?/m1/s1. The number of nitrogens with one attached hydrogen (secondary N) is 1. The molecule has 3 aromatic heterocycles. The highest BCUT2D eigenvalue weighted by Crippen LogP contribution is 2.49. The third-order valence-corrected chi connectivity index (χ3v) is 9.94. The van der Waals surface area contributed by atoms with Crippen molar-refractivity contribution in [1.29, 1.82) is 0 Å². The van der Waals surface area contributed by atoms with E-state index in [-0.39, 0.29) is 24.6 Å². The Kier molecular flexibility index (Phi) is 10.4. The molecule has 3 aliphatic heterocycles. The Hall–Kier alpha value is -3.14. The van der Waals surface area contributed by atoms with Crippen LogP contribution in [0.5, 0.6) is 0 Å². The highest BCUT2D eigenvalue weighted by atomic mass is 31.2. The first-order valence-electron chi connectivity index (χ1n) is 15.1. The van der Waals surface area contributed by atoms with E-state index in [0.29, 0.717) is 44.0 Å². The van der Waals surface area contributed by atoms with Crippen molar-refractivity contribution < 1.29 is 42.8 Å². The molecule has 0 aliphatic carbocycles. The quantitative estimate of drug-likeness (QED) is 0.125. The number of aliphatic hydroxyl groups is 2. The van der Waals surface area contributed by atoms with Crippen molar-refractivity contribution in [3.05, 3.63) is 35.4 Å². The highest BCUT2D eigenvalue weighted by molar-refractivity contribution is 7.51. The Morgan fingerprint density at radius 2 is 1.96 bits per heavy atom. The van der Waals surface area contributed by atoms with Gasteiger partial charge in [-0.3, -0.25) is 23.1 Å². The molecule has 0 bridgehead atoms. The zero-order valence-electron chi connectivity index (χ0n) is 25.6. The van der Waals surface area contributed by atoms with Crippen molar-refractivity contribution in [3.63, 3.8) is 0 Å². The molecule has 3 unspecified atom stereocenters. The lowest BCUT2D eigenvalue weighted by Crippen LogP contribution is -2.40. The third kappa shape index (κ3) is 7.32. The molecule has 0 saturated carbocycles. The number of aliphatic hydroxyl groups excluding tert-OH is 2. The minimum absolute atomic E-state index is 0.0258. The molecule has 21 heteroatoms. The van der Waals surface area contributed by atoms with Gasteiger partial charge in [-0.25, -0.2) is 29.4 Å². The van der Waals surface area contributed by atoms with E-state index in [1.165, 1.54) is 32.0 Å². The van der Waals surface area contributed by atoms with Crippen LogP contribution >= 0.6 is 7.75 Å². The van der Waals surface area contributed by atoms with Gasteiger partial charge in [-0.05, 0) is 6.07 Å². The summed E-state index contributed by atoms with van der Waals surface area (Å²) in [4.78, 5) is 30.8. The van der Waals surface area contributed by atoms with Crippen molar-refractivity contribution >= 4 is 30.5 Å². The van der Waals surface area contributed by atoms with Crippen LogP contribution in [-0.4, -0.2) is 134 Å². The van der Waals surface area contributed by atoms with Crippen molar-refractivity contribution in [2.45, 2.75) is 49.4 Å². The third-order valence-electron chi connectivity index (χ3n) is 8.29. The largest absolute Gasteiger partial charge is 0.406 e. The number of morpholine rings is 1. The Morgan fingerprint density at radius 1 is 1.15 bits per heavy atom. The van der Waals surface area contributed by atoms with E-state index in [0.717, 1.165) is 4.57 Å². The fourth-order valence-corrected chi connectivity index (χ4v) is 7.34.